The summed E-state index contributed by atoms with van der Waals surface area (Å²) < 4.78 is 26.4. The summed E-state index contributed by atoms with van der Waals surface area (Å²) in [4.78, 5) is 14.6. The lowest BCUT2D eigenvalue weighted by Crippen LogP contribution is -2.32. The number of carbonyl (C=O) groups excluding carboxylic acids is 1. The lowest BCUT2D eigenvalue weighted by molar-refractivity contribution is 0.0789. The van der Waals surface area contributed by atoms with E-state index in [4.69, 9.17) is 5.73 Å². The van der Waals surface area contributed by atoms with Crippen LogP contribution in [0.3, 0.4) is 0 Å². The van der Waals surface area contributed by atoms with Gasteiger partial charge in [-0.25, -0.2) is 13.1 Å². The topological polar surface area (TPSA) is 92.5 Å². The van der Waals surface area contributed by atoms with Gasteiger partial charge in [-0.2, -0.15) is 0 Å². The number of hydrogen-bond acceptors (Lipinski definition) is 4. The van der Waals surface area contributed by atoms with E-state index in [-0.39, 0.29) is 35.2 Å². The van der Waals surface area contributed by atoms with E-state index < -0.39 is 10.0 Å². The molecule has 3 N–H and O–H groups in total. The van der Waals surface area contributed by atoms with Crippen LogP contribution in [0.1, 0.15) is 28.8 Å². The quantitative estimate of drug-likeness (QED) is 0.789. The van der Waals surface area contributed by atoms with Gasteiger partial charge in [-0.1, -0.05) is 37.3 Å². The fourth-order valence-corrected chi connectivity index (χ4v) is 4.32. The molecule has 146 valence electrons. The van der Waals surface area contributed by atoms with Crippen molar-refractivity contribution in [1.82, 2.24) is 9.62 Å². The Bertz CT molecular complexity index is 873. The van der Waals surface area contributed by atoms with Crippen molar-refractivity contribution in [2.45, 2.75) is 23.8 Å². The van der Waals surface area contributed by atoms with Gasteiger partial charge in [0.15, 0.2) is 0 Å². The molecule has 0 radical (unpaired) electrons. The van der Waals surface area contributed by atoms with Crippen molar-refractivity contribution in [2.75, 3.05) is 19.6 Å². The molecule has 2 aromatic rings. The minimum Gasteiger partial charge on any atom is -0.336 e. The zero-order chi connectivity index (χ0) is 18.7. The Morgan fingerprint density at radius 2 is 1.74 bits per heavy atom. The van der Waals surface area contributed by atoms with Gasteiger partial charge >= 0.3 is 0 Å². The number of sulfonamides is 1. The molecule has 1 aliphatic heterocycles. The molecule has 0 unspecified atom stereocenters. The van der Waals surface area contributed by atoms with Gasteiger partial charge in [-0.3, -0.25) is 4.79 Å². The summed E-state index contributed by atoms with van der Waals surface area (Å²) in [5, 5.41) is 0. The van der Waals surface area contributed by atoms with E-state index in [2.05, 4.69) is 4.72 Å². The van der Waals surface area contributed by atoms with Crippen LogP contribution < -0.4 is 10.5 Å². The number of halogens is 1. The van der Waals surface area contributed by atoms with Crippen LogP contribution in [0, 0.1) is 0 Å². The van der Waals surface area contributed by atoms with Crippen molar-refractivity contribution in [3.63, 3.8) is 0 Å². The number of carbonyl (C=O) groups is 1. The molecule has 8 heteroatoms. The Hall–Kier alpha value is -1.93. The average molecular weight is 410 g/mol. The summed E-state index contributed by atoms with van der Waals surface area (Å²) in [6, 6.07) is 15.8. The van der Waals surface area contributed by atoms with Crippen LogP contribution >= 0.6 is 12.4 Å². The molecule has 1 fully saturated rings. The molecule has 0 aromatic heterocycles. The third-order valence-electron chi connectivity index (χ3n) is 4.63. The van der Waals surface area contributed by atoms with Crippen molar-refractivity contribution in [2.24, 2.45) is 5.73 Å². The minimum atomic E-state index is -3.52. The van der Waals surface area contributed by atoms with Crippen LogP contribution in [0.15, 0.2) is 59.5 Å². The minimum absolute atomic E-state index is 0. The standard InChI is InChI=1S/C19H23N3O3S.ClH/c1-2-21-26(24,25)16-10-8-15(9-11-16)19(23)22-12-17(18(20)13-22)14-6-4-3-5-7-14;/h3-11,17-18,21H,2,12-13,20H2,1H3;1H/t17-,18+;/m0./s1. The third kappa shape index (κ3) is 4.68. The van der Waals surface area contributed by atoms with E-state index in [1.165, 1.54) is 12.1 Å². The number of hydrogen-bond donors (Lipinski definition) is 2. The molecular weight excluding hydrogens is 386 g/mol. The zero-order valence-corrected chi connectivity index (χ0v) is 16.7. The normalized spacial score (nSPS) is 19.6. The number of nitrogens with one attached hydrogen (secondary N) is 1. The molecule has 0 aliphatic carbocycles. The van der Waals surface area contributed by atoms with Crippen molar-refractivity contribution in [3.8, 4) is 0 Å². The predicted molar refractivity (Wildman–Crippen MR) is 108 cm³/mol. The highest BCUT2D eigenvalue weighted by atomic mass is 35.5. The molecule has 6 nitrogen and oxygen atoms in total. The first-order valence-corrected chi connectivity index (χ1v) is 10.1. The zero-order valence-electron chi connectivity index (χ0n) is 15.0. The largest absolute Gasteiger partial charge is 0.336 e. The van der Waals surface area contributed by atoms with Gasteiger partial charge in [-0.15, -0.1) is 12.4 Å². The van der Waals surface area contributed by atoms with E-state index in [1.807, 2.05) is 30.3 Å². The predicted octanol–water partition coefficient (Wildman–Crippen LogP) is 1.97. The third-order valence-corrected chi connectivity index (χ3v) is 6.19. The van der Waals surface area contributed by atoms with Crippen LogP contribution in [0.2, 0.25) is 0 Å². The van der Waals surface area contributed by atoms with E-state index in [9.17, 15) is 13.2 Å². The number of nitrogens with two attached hydrogens (primary N) is 1. The number of likely N-dealkylation sites (tertiary alicyclic amines) is 1. The lowest BCUT2D eigenvalue weighted by atomic mass is 9.95. The summed E-state index contributed by atoms with van der Waals surface area (Å²) >= 11 is 0. The highest BCUT2D eigenvalue weighted by Gasteiger charge is 2.34. The highest BCUT2D eigenvalue weighted by molar-refractivity contribution is 7.89. The Balaban J connectivity index is 0.00000261. The summed E-state index contributed by atoms with van der Waals surface area (Å²) in [5.41, 5.74) is 7.84. The fraction of sp³-hybridized carbons (Fsp3) is 0.316. The first kappa shape index (κ1) is 21.4. The van der Waals surface area contributed by atoms with Crippen LogP contribution in [0.5, 0.6) is 0 Å². The average Bonchev–Trinajstić information content (AvgIpc) is 3.03. The van der Waals surface area contributed by atoms with Crippen molar-refractivity contribution >= 4 is 28.3 Å². The molecule has 27 heavy (non-hydrogen) atoms. The van der Waals surface area contributed by atoms with E-state index >= 15 is 0 Å². The monoisotopic (exact) mass is 409 g/mol. The lowest BCUT2D eigenvalue weighted by Gasteiger charge is -2.17. The molecule has 2 atom stereocenters. The van der Waals surface area contributed by atoms with Crippen molar-refractivity contribution in [1.29, 1.82) is 0 Å². The Kier molecular flexibility index (Phi) is 7.00. The summed E-state index contributed by atoms with van der Waals surface area (Å²) in [6.45, 7) is 3.07. The summed E-state index contributed by atoms with van der Waals surface area (Å²) in [5.74, 6) is -0.0279. The van der Waals surface area contributed by atoms with Crippen molar-refractivity contribution in [3.05, 3.63) is 65.7 Å². The van der Waals surface area contributed by atoms with Crippen LogP contribution in [-0.4, -0.2) is 44.9 Å². The Morgan fingerprint density at radius 1 is 1.11 bits per heavy atom. The first-order valence-electron chi connectivity index (χ1n) is 8.62. The van der Waals surface area contributed by atoms with E-state index in [1.54, 1.807) is 24.0 Å². The molecule has 1 amide bonds. The molecule has 0 bridgehead atoms. The Morgan fingerprint density at radius 3 is 2.33 bits per heavy atom. The van der Waals surface area contributed by atoms with Crippen LogP contribution in [-0.2, 0) is 10.0 Å². The van der Waals surface area contributed by atoms with Gasteiger partial charge in [0.1, 0.15) is 0 Å². The van der Waals surface area contributed by atoms with Crippen LogP contribution in [0.25, 0.3) is 0 Å². The number of rotatable bonds is 5. The molecule has 3 rings (SSSR count). The number of nitrogens with zero attached hydrogens (tertiary/aromatic N) is 1. The maximum absolute atomic E-state index is 12.8. The fourth-order valence-electron chi connectivity index (χ4n) is 3.28. The van der Waals surface area contributed by atoms with E-state index in [0.29, 0.717) is 25.2 Å². The number of amides is 1. The second-order valence-corrected chi connectivity index (χ2v) is 8.18. The second-order valence-electron chi connectivity index (χ2n) is 6.42. The number of benzene rings is 2. The second kappa shape index (κ2) is 8.84. The maximum atomic E-state index is 12.8. The van der Waals surface area contributed by atoms with Gasteiger partial charge in [0.25, 0.3) is 5.91 Å². The molecular formula is C19H24ClN3O3S. The van der Waals surface area contributed by atoms with Crippen LogP contribution in [0.4, 0.5) is 0 Å². The van der Waals surface area contributed by atoms with Gasteiger partial charge in [-0.05, 0) is 29.8 Å². The molecule has 0 spiro atoms. The smallest absolute Gasteiger partial charge is 0.253 e. The Labute approximate surface area is 166 Å². The van der Waals surface area contributed by atoms with Crippen molar-refractivity contribution < 1.29 is 13.2 Å². The SMILES string of the molecule is CCNS(=O)(=O)c1ccc(C(=O)N2C[C@@H](N)[C@H](c3ccccc3)C2)cc1.Cl. The molecule has 0 saturated carbocycles. The van der Waals surface area contributed by atoms with Gasteiger partial charge in [0, 0.05) is 37.2 Å². The molecule has 1 heterocycles. The molecule has 1 aliphatic rings. The van der Waals surface area contributed by atoms with E-state index in [0.717, 1.165) is 5.56 Å². The first-order chi connectivity index (χ1) is 12.4. The van der Waals surface area contributed by atoms with Gasteiger partial charge in [0.2, 0.25) is 10.0 Å². The highest BCUT2D eigenvalue weighted by Crippen LogP contribution is 2.27. The summed E-state index contributed by atoms with van der Waals surface area (Å²) in [6.07, 6.45) is 0. The van der Waals surface area contributed by atoms with Gasteiger partial charge < -0.3 is 10.6 Å². The molecule has 1 saturated heterocycles. The van der Waals surface area contributed by atoms with Gasteiger partial charge in [0.05, 0.1) is 4.90 Å². The molecule has 2 aromatic carbocycles. The maximum Gasteiger partial charge on any atom is 0.253 e. The summed E-state index contributed by atoms with van der Waals surface area (Å²) in [7, 11) is -3.52.